The second-order valence-electron chi connectivity index (χ2n) is 5.70. The van der Waals surface area contributed by atoms with Crippen LogP contribution in [0.3, 0.4) is 0 Å². The van der Waals surface area contributed by atoms with Gasteiger partial charge in [0.05, 0.1) is 5.56 Å². The predicted molar refractivity (Wildman–Crippen MR) is 93.3 cm³/mol. The van der Waals surface area contributed by atoms with Crippen molar-refractivity contribution < 1.29 is 13.2 Å². The quantitative estimate of drug-likeness (QED) is 0.352. The Hall–Kier alpha value is -1.55. The average Bonchev–Trinajstić information content (AvgIpc) is 2.51. The molecule has 0 saturated heterocycles. The smallest absolute Gasteiger partial charge is 0.166 e. The predicted octanol–water partition coefficient (Wildman–Crippen LogP) is 6.65. The Morgan fingerprint density at radius 3 is 2.43 bits per heavy atom. The van der Waals surface area contributed by atoms with Crippen molar-refractivity contribution in [1.82, 2.24) is 0 Å². The number of hydrogen-bond acceptors (Lipinski definition) is 0. The van der Waals surface area contributed by atoms with Gasteiger partial charge < -0.3 is 0 Å². The molecule has 120 valence electrons. The molecule has 4 heteroatoms. The van der Waals surface area contributed by atoms with Crippen LogP contribution in [0.2, 0.25) is 0 Å². The van der Waals surface area contributed by atoms with Gasteiger partial charge in [0.2, 0.25) is 0 Å². The number of hydrogen-bond donors (Lipinski definition) is 0. The maximum absolute atomic E-state index is 13.4. The van der Waals surface area contributed by atoms with Crippen LogP contribution in [-0.4, -0.2) is 5.33 Å². The molecule has 3 aromatic carbocycles. The highest BCUT2D eigenvalue weighted by Gasteiger charge is 2.34. The van der Waals surface area contributed by atoms with E-state index < -0.39 is 11.7 Å². The Balaban J connectivity index is 2.40. The highest BCUT2D eigenvalue weighted by atomic mass is 79.9. The molecule has 0 unspecified atom stereocenters. The SMILES string of the molecule is Cc1c2ccccc2cc2ccc(C(F)(F)F)c(CCCBr)c12. The lowest BCUT2D eigenvalue weighted by molar-refractivity contribution is -0.138. The molecule has 23 heavy (non-hydrogen) atoms. The summed E-state index contributed by atoms with van der Waals surface area (Å²) in [6.07, 6.45) is -3.24. The van der Waals surface area contributed by atoms with E-state index in [4.69, 9.17) is 0 Å². The Kier molecular flexibility index (Phi) is 4.37. The van der Waals surface area contributed by atoms with Gasteiger partial charge in [0.25, 0.3) is 0 Å². The molecule has 0 amide bonds. The van der Waals surface area contributed by atoms with Crippen LogP contribution in [0.5, 0.6) is 0 Å². The molecule has 0 aliphatic rings. The standard InChI is InChI=1S/C19H16BrF3/c1-12-15-6-3-2-5-13(15)11-14-8-9-17(19(21,22)23)16(18(12)14)7-4-10-20/h2-3,5-6,8-9,11H,4,7,10H2,1H3. The van der Waals surface area contributed by atoms with Gasteiger partial charge in [-0.15, -0.1) is 0 Å². The van der Waals surface area contributed by atoms with Gasteiger partial charge in [0.15, 0.2) is 0 Å². The summed E-state index contributed by atoms with van der Waals surface area (Å²) in [7, 11) is 0. The summed E-state index contributed by atoms with van der Waals surface area (Å²) in [5.41, 5.74) is 0.829. The van der Waals surface area contributed by atoms with Gasteiger partial charge in [0, 0.05) is 5.33 Å². The number of aryl methyl sites for hydroxylation is 2. The Labute approximate surface area is 141 Å². The first-order chi connectivity index (χ1) is 10.9. The fourth-order valence-electron chi connectivity index (χ4n) is 3.26. The third kappa shape index (κ3) is 2.97. The summed E-state index contributed by atoms with van der Waals surface area (Å²) in [4.78, 5) is 0. The minimum atomic E-state index is -4.33. The second kappa shape index (κ2) is 6.16. The molecule has 0 heterocycles. The van der Waals surface area contributed by atoms with Crippen molar-refractivity contribution >= 4 is 37.5 Å². The van der Waals surface area contributed by atoms with Crippen LogP contribution < -0.4 is 0 Å². The molecule has 0 spiro atoms. The van der Waals surface area contributed by atoms with Crippen LogP contribution in [0, 0.1) is 6.92 Å². The van der Waals surface area contributed by atoms with Gasteiger partial charge in [-0.1, -0.05) is 46.3 Å². The zero-order valence-corrected chi connectivity index (χ0v) is 14.3. The summed E-state index contributed by atoms with van der Waals surface area (Å²) in [5, 5.41) is 4.38. The number of halogens is 4. The van der Waals surface area contributed by atoms with E-state index in [1.54, 1.807) is 6.07 Å². The first kappa shape index (κ1) is 16.3. The lowest BCUT2D eigenvalue weighted by atomic mass is 9.89. The third-order valence-electron chi connectivity index (χ3n) is 4.26. The van der Waals surface area contributed by atoms with Crippen molar-refractivity contribution in [2.45, 2.75) is 25.9 Å². The first-order valence-electron chi connectivity index (χ1n) is 7.50. The van der Waals surface area contributed by atoms with Crippen molar-refractivity contribution in [3.63, 3.8) is 0 Å². The van der Waals surface area contributed by atoms with E-state index in [1.807, 2.05) is 37.3 Å². The van der Waals surface area contributed by atoms with Gasteiger partial charge in [-0.05, 0) is 64.6 Å². The third-order valence-corrected chi connectivity index (χ3v) is 4.82. The first-order valence-corrected chi connectivity index (χ1v) is 8.62. The summed E-state index contributed by atoms with van der Waals surface area (Å²) >= 11 is 3.32. The summed E-state index contributed by atoms with van der Waals surface area (Å²) in [6.45, 7) is 1.92. The molecule has 3 aromatic rings. The minimum absolute atomic E-state index is 0.413. The Bertz CT molecular complexity index is 866. The maximum Gasteiger partial charge on any atom is 0.416 e. The van der Waals surface area contributed by atoms with E-state index in [9.17, 15) is 13.2 Å². The van der Waals surface area contributed by atoms with Crippen LogP contribution >= 0.6 is 15.9 Å². The van der Waals surface area contributed by atoms with E-state index >= 15 is 0 Å². The zero-order valence-electron chi connectivity index (χ0n) is 12.7. The Morgan fingerprint density at radius 2 is 1.74 bits per heavy atom. The molecule has 0 saturated carbocycles. The second-order valence-corrected chi connectivity index (χ2v) is 6.50. The van der Waals surface area contributed by atoms with Gasteiger partial charge in [-0.25, -0.2) is 0 Å². The molecule has 3 rings (SSSR count). The maximum atomic E-state index is 13.4. The molecule has 0 aliphatic heterocycles. The fourth-order valence-corrected chi connectivity index (χ4v) is 3.54. The zero-order chi connectivity index (χ0) is 16.6. The highest BCUT2D eigenvalue weighted by molar-refractivity contribution is 9.09. The van der Waals surface area contributed by atoms with Gasteiger partial charge >= 0.3 is 6.18 Å². The summed E-state index contributed by atoms with van der Waals surface area (Å²) in [6, 6.07) is 12.6. The summed E-state index contributed by atoms with van der Waals surface area (Å²) < 4.78 is 40.3. The summed E-state index contributed by atoms with van der Waals surface area (Å²) in [5.74, 6) is 0. The number of rotatable bonds is 3. The highest BCUT2D eigenvalue weighted by Crippen LogP contribution is 2.39. The van der Waals surface area contributed by atoms with E-state index in [0.29, 0.717) is 23.7 Å². The fraction of sp³-hybridized carbons (Fsp3) is 0.263. The minimum Gasteiger partial charge on any atom is -0.166 e. The van der Waals surface area contributed by atoms with Crippen LogP contribution in [0.1, 0.15) is 23.1 Å². The van der Waals surface area contributed by atoms with Crippen molar-refractivity contribution in [2.75, 3.05) is 5.33 Å². The van der Waals surface area contributed by atoms with E-state index in [-0.39, 0.29) is 0 Å². The van der Waals surface area contributed by atoms with E-state index in [0.717, 1.165) is 27.1 Å². The molecular weight excluding hydrogens is 365 g/mol. The molecule has 0 fully saturated rings. The van der Waals surface area contributed by atoms with Crippen molar-refractivity contribution in [3.05, 3.63) is 59.2 Å². The molecule has 0 atom stereocenters. The van der Waals surface area contributed by atoms with Gasteiger partial charge in [-0.3, -0.25) is 0 Å². The average molecular weight is 381 g/mol. The van der Waals surface area contributed by atoms with Crippen LogP contribution in [0.15, 0.2) is 42.5 Å². The van der Waals surface area contributed by atoms with Crippen molar-refractivity contribution in [1.29, 1.82) is 0 Å². The molecule has 0 N–H and O–H groups in total. The normalized spacial score (nSPS) is 12.2. The van der Waals surface area contributed by atoms with Gasteiger partial charge in [-0.2, -0.15) is 13.2 Å². The van der Waals surface area contributed by atoms with E-state index in [1.165, 1.54) is 6.07 Å². The van der Waals surface area contributed by atoms with Gasteiger partial charge in [0.1, 0.15) is 0 Å². The molecule has 0 bridgehead atoms. The molecule has 0 nitrogen and oxygen atoms in total. The number of alkyl halides is 4. The molecule has 0 aliphatic carbocycles. The molecule has 0 aromatic heterocycles. The number of fused-ring (bicyclic) bond motifs is 2. The van der Waals surface area contributed by atoms with Crippen molar-refractivity contribution in [3.8, 4) is 0 Å². The van der Waals surface area contributed by atoms with Crippen molar-refractivity contribution in [2.24, 2.45) is 0 Å². The molecular formula is C19H16BrF3. The van der Waals surface area contributed by atoms with Crippen LogP contribution in [0.25, 0.3) is 21.5 Å². The largest absolute Gasteiger partial charge is 0.416 e. The monoisotopic (exact) mass is 380 g/mol. The lowest BCUT2D eigenvalue weighted by Crippen LogP contribution is -2.10. The van der Waals surface area contributed by atoms with Crippen LogP contribution in [0.4, 0.5) is 13.2 Å². The topological polar surface area (TPSA) is 0 Å². The molecule has 0 radical (unpaired) electrons. The Morgan fingerprint density at radius 1 is 1.00 bits per heavy atom. The number of benzene rings is 3. The van der Waals surface area contributed by atoms with Crippen LogP contribution in [-0.2, 0) is 12.6 Å². The lowest BCUT2D eigenvalue weighted by Gasteiger charge is -2.18. The van der Waals surface area contributed by atoms with E-state index in [2.05, 4.69) is 15.9 Å².